The number of nitrogens with one attached hydrogen (secondary N) is 2. The summed E-state index contributed by atoms with van der Waals surface area (Å²) in [6.45, 7) is 1.99. The molecule has 4 aromatic rings. The van der Waals surface area contributed by atoms with E-state index in [0.717, 1.165) is 32.0 Å². The maximum atomic E-state index is 12.5. The SMILES string of the molecule is Cc1ccc(-c2nc3ccccc3s2)cc1NC(=S)NC(=O)c1ccccc1Br. The van der Waals surface area contributed by atoms with Crippen molar-refractivity contribution in [2.24, 2.45) is 0 Å². The highest BCUT2D eigenvalue weighted by Gasteiger charge is 2.13. The van der Waals surface area contributed by atoms with Crippen molar-refractivity contribution in [3.8, 4) is 10.6 Å². The van der Waals surface area contributed by atoms with Gasteiger partial charge in [0.2, 0.25) is 0 Å². The minimum absolute atomic E-state index is 0.246. The predicted octanol–water partition coefficient (Wildman–Crippen LogP) is 6.16. The lowest BCUT2D eigenvalue weighted by Gasteiger charge is -2.13. The van der Waals surface area contributed by atoms with E-state index in [9.17, 15) is 4.79 Å². The summed E-state index contributed by atoms with van der Waals surface area (Å²) in [5.41, 5.74) is 4.36. The van der Waals surface area contributed by atoms with E-state index in [0.29, 0.717) is 10.0 Å². The molecular weight excluding hydrogens is 466 g/mol. The number of hydrogen-bond acceptors (Lipinski definition) is 4. The summed E-state index contributed by atoms with van der Waals surface area (Å²) in [6, 6.07) is 21.4. The number of nitrogens with zero attached hydrogens (tertiary/aromatic N) is 1. The number of thiocarbonyl (C=S) groups is 1. The molecule has 7 heteroatoms. The van der Waals surface area contributed by atoms with Gasteiger partial charge in [0.05, 0.1) is 15.8 Å². The van der Waals surface area contributed by atoms with Crippen LogP contribution in [0.5, 0.6) is 0 Å². The molecule has 1 amide bonds. The number of aryl methyl sites for hydroxylation is 1. The smallest absolute Gasteiger partial charge is 0.258 e. The van der Waals surface area contributed by atoms with Crippen LogP contribution in [-0.4, -0.2) is 16.0 Å². The molecule has 0 fully saturated rings. The number of rotatable bonds is 3. The summed E-state index contributed by atoms with van der Waals surface area (Å²) < 4.78 is 1.86. The fourth-order valence-corrected chi connectivity index (χ4v) is 4.48. The molecule has 0 spiro atoms. The third-order valence-electron chi connectivity index (χ3n) is 4.37. The normalized spacial score (nSPS) is 10.7. The lowest BCUT2D eigenvalue weighted by molar-refractivity contribution is 0.0977. The van der Waals surface area contributed by atoms with Gasteiger partial charge >= 0.3 is 0 Å². The second-order valence-electron chi connectivity index (χ2n) is 6.40. The Labute approximate surface area is 186 Å². The number of para-hydroxylation sites is 1. The Balaban J connectivity index is 1.54. The van der Waals surface area contributed by atoms with E-state index >= 15 is 0 Å². The Morgan fingerprint density at radius 3 is 2.62 bits per heavy atom. The van der Waals surface area contributed by atoms with Crippen LogP contribution in [0.25, 0.3) is 20.8 Å². The quantitative estimate of drug-likeness (QED) is 0.344. The second-order valence-corrected chi connectivity index (χ2v) is 8.70. The molecule has 4 rings (SSSR count). The summed E-state index contributed by atoms with van der Waals surface area (Å²) in [4.78, 5) is 17.2. The van der Waals surface area contributed by atoms with Gasteiger partial charge in [-0.25, -0.2) is 4.98 Å². The van der Waals surface area contributed by atoms with Gasteiger partial charge in [-0.05, 0) is 71.0 Å². The average Bonchev–Trinajstić information content (AvgIpc) is 3.14. The van der Waals surface area contributed by atoms with Crippen molar-refractivity contribution >= 4 is 66.4 Å². The number of anilines is 1. The van der Waals surface area contributed by atoms with Crippen LogP contribution in [-0.2, 0) is 0 Å². The van der Waals surface area contributed by atoms with Crippen molar-refractivity contribution < 1.29 is 4.79 Å². The van der Waals surface area contributed by atoms with Gasteiger partial charge in [0, 0.05) is 15.7 Å². The predicted molar refractivity (Wildman–Crippen MR) is 128 cm³/mol. The van der Waals surface area contributed by atoms with Crippen LogP contribution in [0, 0.1) is 6.92 Å². The molecule has 4 nitrogen and oxygen atoms in total. The Kier molecular flexibility index (Phi) is 5.71. The number of aromatic nitrogens is 1. The maximum Gasteiger partial charge on any atom is 0.258 e. The first kappa shape index (κ1) is 19.7. The molecule has 0 bridgehead atoms. The molecule has 0 radical (unpaired) electrons. The summed E-state index contributed by atoms with van der Waals surface area (Å²) >= 11 is 10.4. The summed E-state index contributed by atoms with van der Waals surface area (Å²) in [5.74, 6) is -0.269. The molecule has 1 aromatic heterocycles. The largest absolute Gasteiger partial charge is 0.332 e. The van der Waals surface area contributed by atoms with Crippen LogP contribution in [0.1, 0.15) is 15.9 Å². The van der Waals surface area contributed by atoms with Crippen LogP contribution in [0.15, 0.2) is 71.2 Å². The van der Waals surface area contributed by atoms with Gasteiger partial charge in [0.1, 0.15) is 5.01 Å². The van der Waals surface area contributed by atoms with Gasteiger partial charge < -0.3 is 5.32 Å². The number of fused-ring (bicyclic) bond motifs is 1. The molecule has 29 heavy (non-hydrogen) atoms. The Hall–Kier alpha value is -2.61. The standard InChI is InChI=1S/C22H16BrN3OS2/c1-13-10-11-14(21-24-17-8-4-5-9-19(17)29-21)12-18(13)25-22(28)26-20(27)15-6-2-3-7-16(15)23/h2-12H,1H3,(H2,25,26,27,28). The number of benzene rings is 3. The topological polar surface area (TPSA) is 54.0 Å². The zero-order valence-electron chi connectivity index (χ0n) is 15.4. The molecule has 1 heterocycles. The fraction of sp³-hybridized carbons (Fsp3) is 0.0455. The molecule has 0 atom stereocenters. The highest BCUT2D eigenvalue weighted by atomic mass is 79.9. The van der Waals surface area contributed by atoms with Gasteiger partial charge in [-0.3, -0.25) is 10.1 Å². The van der Waals surface area contributed by atoms with Crippen molar-refractivity contribution in [3.63, 3.8) is 0 Å². The molecule has 0 aliphatic heterocycles. The van der Waals surface area contributed by atoms with Crippen molar-refractivity contribution in [1.82, 2.24) is 10.3 Å². The number of thiazole rings is 1. The van der Waals surface area contributed by atoms with Gasteiger partial charge in [-0.15, -0.1) is 11.3 Å². The minimum atomic E-state index is -0.269. The van der Waals surface area contributed by atoms with Gasteiger partial charge in [0.25, 0.3) is 5.91 Å². The lowest BCUT2D eigenvalue weighted by atomic mass is 10.1. The van der Waals surface area contributed by atoms with Gasteiger partial charge in [-0.2, -0.15) is 0 Å². The molecule has 0 aliphatic carbocycles. The average molecular weight is 482 g/mol. The van der Waals surface area contributed by atoms with E-state index in [2.05, 4.69) is 32.6 Å². The van der Waals surface area contributed by atoms with E-state index in [1.807, 2.05) is 61.5 Å². The highest BCUT2D eigenvalue weighted by Crippen LogP contribution is 2.32. The van der Waals surface area contributed by atoms with Crippen LogP contribution < -0.4 is 10.6 Å². The van der Waals surface area contributed by atoms with E-state index in [4.69, 9.17) is 17.2 Å². The molecule has 0 aliphatic rings. The van der Waals surface area contributed by atoms with Gasteiger partial charge in [0.15, 0.2) is 5.11 Å². The third kappa shape index (κ3) is 4.37. The minimum Gasteiger partial charge on any atom is -0.332 e. The molecule has 0 unspecified atom stereocenters. The van der Waals surface area contributed by atoms with Crippen LogP contribution >= 0.6 is 39.5 Å². The molecule has 3 aromatic carbocycles. The molecule has 144 valence electrons. The maximum absolute atomic E-state index is 12.5. The summed E-state index contributed by atoms with van der Waals surface area (Å²) in [5, 5.41) is 7.05. The van der Waals surface area contributed by atoms with Crippen LogP contribution in [0.2, 0.25) is 0 Å². The molecular formula is C22H16BrN3OS2. The lowest BCUT2D eigenvalue weighted by Crippen LogP contribution is -2.34. The van der Waals surface area contributed by atoms with Crippen molar-refractivity contribution in [2.45, 2.75) is 6.92 Å². The van der Waals surface area contributed by atoms with Crippen molar-refractivity contribution in [2.75, 3.05) is 5.32 Å². The Bertz CT molecular complexity index is 1200. The molecule has 0 saturated heterocycles. The van der Waals surface area contributed by atoms with E-state index in [1.165, 1.54) is 0 Å². The Morgan fingerprint density at radius 1 is 1.07 bits per heavy atom. The van der Waals surface area contributed by atoms with E-state index in [-0.39, 0.29) is 11.0 Å². The zero-order valence-corrected chi connectivity index (χ0v) is 18.6. The van der Waals surface area contributed by atoms with Crippen LogP contribution in [0.4, 0.5) is 5.69 Å². The van der Waals surface area contributed by atoms with E-state index < -0.39 is 0 Å². The first-order valence-electron chi connectivity index (χ1n) is 8.85. The zero-order chi connectivity index (χ0) is 20.4. The van der Waals surface area contributed by atoms with Gasteiger partial charge in [-0.1, -0.05) is 36.4 Å². The van der Waals surface area contributed by atoms with Crippen LogP contribution in [0.3, 0.4) is 0 Å². The van der Waals surface area contributed by atoms with Crippen molar-refractivity contribution in [1.29, 1.82) is 0 Å². The Morgan fingerprint density at radius 2 is 1.83 bits per heavy atom. The highest BCUT2D eigenvalue weighted by molar-refractivity contribution is 9.10. The second kappa shape index (κ2) is 8.41. The third-order valence-corrected chi connectivity index (χ3v) is 6.35. The summed E-state index contributed by atoms with van der Waals surface area (Å²) in [7, 11) is 0. The molecule has 0 saturated carbocycles. The first-order valence-corrected chi connectivity index (χ1v) is 10.9. The molecule has 2 N–H and O–H groups in total. The number of carbonyl (C=O) groups is 1. The number of halogens is 1. The van der Waals surface area contributed by atoms with Crippen molar-refractivity contribution in [3.05, 3.63) is 82.3 Å². The first-order chi connectivity index (χ1) is 14.0. The van der Waals surface area contributed by atoms with E-state index in [1.54, 1.807) is 17.4 Å². The monoisotopic (exact) mass is 481 g/mol. The number of amides is 1. The number of hydrogen-bond donors (Lipinski definition) is 2. The summed E-state index contributed by atoms with van der Waals surface area (Å²) in [6.07, 6.45) is 0. The number of carbonyl (C=O) groups excluding carboxylic acids is 1. The fourth-order valence-electron chi connectivity index (χ4n) is 2.85.